The minimum absolute atomic E-state index is 0.0641. The molecule has 0 aromatic heterocycles. The number of ether oxygens (including phenoxy) is 1. The number of alkyl halides is 4. The number of anilines is 1. The van der Waals surface area contributed by atoms with E-state index in [0.29, 0.717) is 57.1 Å². The summed E-state index contributed by atoms with van der Waals surface area (Å²) in [5.74, 6) is -6.55. The topological polar surface area (TPSA) is 144 Å². The first-order valence-corrected chi connectivity index (χ1v) is 25.2. The molecule has 0 radical (unpaired) electrons. The van der Waals surface area contributed by atoms with E-state index < -0.39 is 72.7 Å². The van der Waals surface area contributed by atoms with Crippen LogP contribution in [-0.2, 0) is 16.0 Å². The fourth-order valence-electron chi connectivity index (χ4n) is 7.26. The van der Waals surface area contributed by atoms with Crippen molar-refractivity contribution in [3.8, 4) is 0 Å². The minimum atomic E-state index is -3.49. The maximum atomic E-state index is 14.7. The van der Waals surface area contributed by atoms with Crippen LogP contribution in [0, 0.1) is 17.6 Å². The van der Waals surface area contributed by atoms with Crippen LogP contribution in [0.2, 0.25) is 5.02 Å². The van der Waals surface area contributed by atoms with Gasteiger partial charge in [-0.25, -0.2) is 23.0 Å². The van der Waals surface area contributed by atoms with Gasteiger partial charge in [0.25, 0.3) is 12.3 Å². The van der Waals surface area contributed by atoms with Crippen molar-refractivity contribution in [3.63, 3.8) is 0 Å². The maximum absolute atomic E-state index is 14.7. The van der Waals surface area contributed by atoms with Crippen molar-refractivity contribution in [1.82, 2.24) is 16.1 Å². The SMILES string of the molecule is C/C(N)=C/C=C(/c1ccc(Cl)c2c1N(C1COC1)NC2N)C(C)[C@H](Cc1cc(F)cc(F)c1)NC(=O)CNC1=C(C(N)C(F)F)CCC1(F)F.C=C.CC.CC.CC(C)(C)SC1CC1.SC1CC1. The van der Waals surface area contributed by atoms with E-state index in [2.05, 4.69) is 74.4 Å². The number of hydrazine groups is 1. The van der Waals surface area contributed by atoms with E-state index in [1.165, 1.54) is 25.7 Å². The number of hydrogen-bond acceptors (Lipinski definition) is 10. The lowest BCUT2D eigenvalue weighted by molar-refractivity contribution is -0.121. The van der Waals surface area contributed by atoms with Crippen LogP contribution in [0.3, 0.4) is 0 Å². The lowest BCUT2D eigenvalue weighted by atomic mass is 9.83. The number of benzene rings is 2. The molecule has 5 aliphatic rings. The Bertz CT molecular complexity index is 1980. The van der Waals surface area contributed by atoms with Crippen molar-refractivity contribution in [2.24, 2.45) is 23.1 Å². The monoisotopic (exact) mass is 1020 g/mol. The van der Waals surface area contributed by atoms with E-state index >= 15 is 0 Å². The Kier molecular flexibility index (Phi) is 25.5. The van der Waals surface area contributed by atoms with Gasteiger partial charge in [-0.05, 0) is 86.4 Å². The molecule has 9 nitrogen and oxygen atoms in total. The van der Waals surface area contributed by atoms with E-state index in [4.69, 9.17) is 33.5 Å². The highest BCUT2D eigenvalue weighted by atomic mass is 35.5. The summed E-state index contributed by atoms with van der Waals surface area (Å²) in [5.41, 5.74) is 23.4. The van der Waals surface area contributed by atoms with Crippen molar-refractivity contribution < 1.29 is 35.9 Å². The van der Waals surface area contributed by atoms with Crippen LogP contribution in [0.5, 0.6) is 0 Å². The van der Waals surface area contributed by atoms with E-state index in [0.717, 1.165) is 22.6 Å². The summed E-state index contributed by atoms with van der Waals surface area (Å²) in [6, 6.07) is 3.58. The molecule has 2 aromatic rings. The molecule has 2 aromatic carbocycles. The van der Waals surface area contributed by atoms with Crippen LogP contribution in [-0.4, -0.2) is 71.4 Å². The molecule has 1 amide bonds. The first-order chi connectivity index (χ1) is 32.0. The number of allylic oxidation sites excluding steroid dienone is 4. The standard InChI is InChI=1S/C34H40ClF6N7O2.C7H14S.C3H6S.2C2H6.C2H4/c1-16(42)3-4-22(23-5-6-25(35)28-30(23)48(47-33(28)44)21-14-50-15-21)17(2)26(11-18-9-19(36)12-20(37)10-18)46-27(49)13-45-31-24(29(43)32(38)39)7-8-34(31,40)41;1-7(2,3)8-6-4-5-6;4-3-1-2-3;3*1-2/h3-6,9-10,12,17,21,26,29,32-33,45,47H,7-8,11,13-15,42-44H2,1-2H3,(H,46,49);6H,4-5H2,1-3H3;3-4H,1-2H2;2*1-2H3;1-2H2/b16-3-,22-4+;;;;;/t17?,26-,29?,33?;;;;;/m0...../s1. The van der Waals surface area contributed by atoms with Crippen LogP contribution in [0.15, 0.2) is 72.6 Å². The lowest BCUT2D eigenvalue weighted by Gasteiger charge is -2.38. The van der Waals surface area contributed by atoms with Crippen LogP contribution in [0.25, 0.3) is 5.57 Å². The maximum Gasteiger partial charge on any atom is 0.287 e. The molecule has 3 fully saturated rings. The second-order valence-electron chi connectivity index (χ2n) is 17.5. The van der Waals surface area contributed by atoms with Gasteiger partial charge < -0.3 is 32.6 Å². The molecule has 384 valence electrons. The lowest BCUT2D eigenvalue weighted by Crippen LogP contribution is -2.54. The quantitative estimate of drug-likeness (QED) is 0.0426. The molecular formula is C50H76ClF6N7O2S2. The molecule has 1 saturated heterocycles. The number of rotatable bonds is 14. The van der Waals surface area contributed by atoms with Crippen LogP contribution >= 0.6 is 36.0 Å². The number of thioether (sulfide) groups is 1. The number of carbonyl (C=O) groups excluding carboxylic acids is 1. The van der Waals surface area contributed by atoms with E-state index in [1.807, 2.05) is 32.7 Å². The summed E-state index contributed by atoms with van der Waals surface area (Å²) >= 11 is 12.8. The third-order valence-electron chi connectivity index (χ3n) is 10.7. The number of fused-ring (bicyclic) bond motifs is 1. The fraction of sp³-hybridized carbons (Fsp3) is 0.580. The number of nitrogens with zero attached hydrogens (tertiary/aromatic N) is 1. The number of hydrogen-bond donors (Lipinski definition) is 7. The molecule has 2 saturated carbocycles. The highest BCUT2D eigenvalue weighted by Crippen LogP contribution is 2.46. The van der Waals surface area contributed by atoms with Gasteiger partial charge in [0.2, 0.25) is 5.91 Å². The zero-order valence-corrected chi connectivity index (χ0v) is 43.6. The zero-order chi connectivity index (χ0) is 51.7. The van der Waals surface area contributed by atoms with Crippen LogP contribution < -0.4 is 38.3 Å². The number of thiol groups is 1. The molecule has 2 heterocycles. The smallest absolute Gasteiger partial charge is 0.287 e. The highest BCUT2D eigenvalue weighted by molar-refractivity contribution is 8.01. The van der Waals surface area contributed by atoms with Crippen molar-refractivity contribution in [2.45, 2.75) is 159 Å². The number of halogens is 7. The molecule has 7 rings (SSSR count). The van der Waals surface area contributed by atoms with Crippen molar-refractivity contribution in [2.75, 3.05) is 24.8 Å². The Labute approximate surface area is 416 Å². The van der Waals surface area contributed by atoms with Crippen molar-refractivity contribution in [3.05, 3.63) is 106 Å². The second kappa shape index (κ2) is 28.5. The van der Waals surface area contributed by atoms with E-state index in [9.17, 15) is 31.1 Å². The molecule has 4 atom stereocenters. The van der Waals surface area contributed by atoms with Gasteiger partial charge in [-0.2, -0.15) is 33.2 Å². The summed E-state index contributed by atoms with van der Waals surface area (Å²) in [5, 5.41) is 9.26. The average Bonchev–Trinajstić information content (AvgIpc) is 4.18. The molecule has 0 bridgehead atoms. The minimum Gasteiger partial charge on any atom is -0.402 e. The van der Waals surface area contributed by atoms with Gasteiger partial charge >= 0.3 is 0 Å². The first-order valence-electron chi connectivity index (χ1n) is 23.4. The van der Waals surface area contributed by atoms with Crippen molar-refractivity contribution in [1.29, 1.82) is 0 Å². The molecule has 18 heteroatoms. The number of nitrogens with one attached hydrogen (secondary N) is 3. The van der Waals surface area contributed by atoms with Crippen LogP contribution in [0.1, 0.15) is 124 Å². The molecule has 3 unspecified atom stereocenters. The fourth-order valence-corrected chi connectivity index (χ4v) is 9.05. The summed E-state index contributed by atoms with van der Waals surface area (Å²) < 4.78 is 90.8. The normalized spacial score (nSPS) is 19.9. The summed E-state index contributed by atoms with van der Waals surface area (Å²) in [6.45, 7) is 24.5. The van der Waals surface area contributed by atoms with Gasteiger partial charge in [0.15, 0.2) is 0 Å². The molecule has 68 heavy (non-hydrogen) atoms. The average molecular weight is 1020 g/mol. The van der Waals surface area contributed by atoms with Crippen molar-refractivity contribution >= 4 is 53.2 Å². The Morgan fingerprint density at radius 1 is 1.06 bits per heavy atom. The molecule has 0 spiro atoms. The third-order valence-corrected chi connectivity index (χ3v) is 13.1. The predicted octanol–water partition coefficient (Wildman–Crippen LogP) is 11.4. The molecular weight excluding hydrogens is 944 g/mol. The van der Waals surface area contributed by atoms with Crippen LogP contribution in [0.4, 0.5) is 32.0 Å². The molecule has 2 aliphatic heterocycles. The predicted molar refractivity (Wildman–Crippen MR) is 275 cm³/mol. The van der Waals surface area contributed by atoms with Gasteiger partial charge in [-0.3, -0.25) is 9.80 Å². The van der Waals surface area contributed by atoms with E-state index in [1.54, 1.807) is 38.1 Å². The Hall–Kier alpha value is -3.32. The Morgan fingerprint density at radius 3 is 2.09 bits per heavy atom. The van der Waals surface area contributed by atoms with E-state index in [-0.39, 0.29) is 30.0 Å². The summed E-state index contributed by atoms with van der Waals surface area (Å²) in [4.78, 5) is 13.5. The Balaban J connectivity index is 0.000000745. The first kappa shape index (κ1) is 60.8. The second-order valence-corrected chi connectivity index (χ2v) is 20.7. The Morgan fingerprint density at radius 2 is 1.63 bits per heavy atom. The molecule has 3 aliphatic carbocycles. The summed E-state index contributed by atoms with van der Waals surface area (Å²) in [7, 11) is 0. The zero-order valence-electron chi connectivity index (χ0n) is 41.1. The van der Waals surface area contributed by atoms with Gasteiger partial charge in [-0.15, -0.1) is 13.2 Å². The third kappa shape index (κ3) is 18.8. The largest absolute Gasteiger partial charge is 0.402 e. The van der Waals surface area contributed by atoms with Gasteiger partial charge in [0.05, 0.1) is 43.2 Å². The molecule has 9 N–H and O–H groups in total. The number of nitrogens with two attached hydrogens (primary N) is 3. The van der Waals surface area contributed by atoms with Gasteiger partial charge in [-0.1, -0.05) is 79.1 Å². The highest BCUT2D eigenvalue weighted by Gasteiger charge is 2.45. The number of carbonyl (C=O) groups is 1. The number of amides is 1. The summed E-state index contributed by atoms with van der Waals surface area (Å²) in [6.07, 6.45) is 4.14. The van der Waals surface area contributed by atoms with Gasteiger partial charge in [0.1, 0.15) is 17.8 Å². The van der Waals surface area contributed by atoms with Gasteiger partial charge in [0, 0.05) is 61.5 Å².